The standard InChI is InChI=1S/C32H42N4O11/c1-17(37)35-19(5-3-4-12-33)29(41)34-13-9-24(39)46-22(30(42)43)16-25(40)45-21-8-10-32(44)23-15-18-6-7-20(38)27-26(18)31(32,28(21)47-27)11-14-36(23)2/h6-8,19,22-23,28,38,44H,3-5,9-16,33H2,1-2H3,(H,34,41)(H,35,37)(H,42,43)/t19-,22-,23+,28-,31-,32+/m0/s1. The van der Waals surface area contributed by atoms with Crippen LogP contribution in [0.5, 0.6) is 11.5 Å². The number of amides is 2. The van der Waals surface area contributed by atoms with Gasteiger partial charge in [-0.15, -0.1) is 0 Å². The van der Waals surface area contributed by atoms with Crippen LogP contribution in [0, 0.1) is 0 Å². The highest BCUT2D eigenvalue weighted by Crippen LogP contribution is 2.65. The number of hydrogen-bond acceptors (Lipinski definition) is 12. The molecule has 2 bridgehead atoms. The van der Waals surface area contributed by atoms with Crippen LogP contribution in [0.1, 0.15) is 63.0 Å². The molecule has 0 unspecified atom stereocenters. The zero-order valence-corrected chi connectivity index (χ0v) is 26.5. The Morgan fingerprint density at radius 2 is 1.96 bits per heavy atom. The van der Waals surface area contributed by atoms with Crippen LogP contribution >= 0.6 is 0 Å². The molecule has 1 aromatic carbocycles. The van der Waals surface area contributed by atoms with Crippen LogP contribution in [0.2, 0.25) is 0 Å². The molecule has 7 N–H and O–H groups in total. The minimum atomic E-state index is -1.87. The lowest BCUT2D eigenvalue weighted by Crippen LogP contribution is -2.74. The molecule has 0 aromatic heterocycles. The van der Waals surface area contributed by atoms with E-state index in [1.165, 1.54) is 6.92 Å². The predicted octanol–water partition coefficient (Wildman–Crippen LogP) is -0.260. The van der Waals surface area contributed by atoms with Gasteiger partial charge in [0.15, 0.2) is 17.6 Å². The number of likely N-dealkylation sites (N-methyl/N-ethyl adjacent to an activating group) is 1. The number of aliphatic hydroxyl groups is 1. The van der Waals surface area contributed by atoms with Crippen LogP contribution in [0.4, 0.5) is 0 Å². The SMILES string of the molecule is CC(=O)N[C@@H](CCCCN)C(=O)NCCC(=O)O[C@@H](CC(=O)OC1=CC[C@@]2(O)[C@H]3Cc4ccc(O)c5c4[C@@]2(CCN3C)[C@H]1O5)C(=O)O. The number of aromatic hydroxyl groups is 1. The number of nitrogens with one attached hydrogen (secondary N) is 2. The highest BCUT2D eigenvalue weighted by Gasteiger charge is 2.72. The third kappa shape index (κ3) is 6.26. The number of carbonyl (C=O) groups excluding carboxylic acids is 4. The summed E-state index contributed by atoms with van der Waals surface area (Å²) >= 11 is 0. The van der Waals surface area contributed by atoms with Crippen LogP contribution in [0.15, 0.2) is 24.0 Å². The van der Waals surface area contributed by atoms with E-state index in [1.54, 1.807) is 12.1 Å². The third-order valence-electron chi connectivity index (χ3n) is 9.76. The third-order valence-corrected chi connectivity index (χ3v) is 9.76. The van der Waals surface area contributed by atoms with Crippen molar-refractivity contribution in [2.75, 3.05) is 26.7 Å². The Hall–Kier alpha value is -4.21. The number of nitrogens with two attached hydrogens (primary N) is 1. The van der Waals surface area contributed by atoms with E-state index in [0.717, 1.165) is 5.56 Å². The topological polar surface area (TPSA) is 227 Å². The van der Waals surface area contributed by atoms with Crippen molar-refractivity contribution in [1.29, 1.82) is 0 Å². The average Bonchev–Trinajstić information content (AvgIpc) is 3.37. The first-order chi connectivity index (χ1) is 22.3. The van der Waals surface area contributed by atoms with Gasteiger partial charge in [-0.1, -0.05) is 6.07 Å². The maximum Gasteiger partial charge on any atom is 0.345 e. The molecule has 47 heavy (non-hydrogen) atoms. The fraction of sp³-hybridized carbons (Fsp3) is 0.594. The van der Waals surface area contributed by atoms with Gasteiger partial charge < -0.3 is 50.8 Å². The number of carboxylic acids is 1. The van der Waals surface area contributed by atoms with Gasteiger partial charge in [0.05, 0.1) is 23.9 Å². The number of rotatable bonds is 14. The number of unbranched alkanes of at least 4 members (excludes halogenated alkanes) is 1. The van der Waals surface area contributed by atoms with E-state index in [4.69, 9.17) is 19.9 Å². The number of carboxylic acid groups (broad SMARTS) is 1. The lowest BCUT2D eigenvalue weighted by molar-refractivity contribution is -0.173. The van der Waals surface area contributed by atoms with Gasteiger partial charge in [0, 0.05) is 31.5 Å². The quantitative estimate of drug-likeness (QED) is 0.112. The molecule has 15 heteroatoms. The number of ether oxygens (including phenoxy) is 3. The zero-order chi connectivity index (χ0) is 34.1. The Kier molecular flexibility index (Phi) is 9.80. The fourth-order valence-corrected chi connectivity index (χ4v) is 7.58. The maximum absolute atomic E-state index is 13.1. The van der Waals surface area contributed by atoms with Crippen LogP contribution in [0.3, 0.4) is 0 Å². The predicted molar refractivity (Wildman–Crippen MR) is 163 cm³/mol. The molecule has 5 rings (SSSR count). The van der Waals surface area contributed by atoms with Crippen molar-refractivity contribution in [3.63, 3.8) is 0 Å². The number of piperidine rings is 1. The second kappa shape index (κ2) is 13.5. The number of esters is 2. The van der Waals surface area contributed by atoms with Gasteiger partial charge in [-0.05, 0) is 69.9 Å². The Labute approximate surface area is 271 Å². The van der Waals surface area contributed by atoms with Crippen molar-refractivity contribution >= 4 is 29.7 Å². The number of phenols is 1. The summed E-state index contributed by atoms with van der Waals surface area (Å²) in [5.41, 5.74) is 4.86. The van der Waals surface area contributed by atoms with Crippen molar-refractivity contribution in [1.82, 2.24) is 15.5 Å². The number of phenolic OH excluding ortho intramolecular Hbond substituents is 1. The summed E-state index contributed by atoms with van der Waals surface area (Å²) in [7, 11) is 1.94. The second-order valence-electron chi connectivity index (χ2n) is 12.7. The smallest absolute Gasteiger partial charge is 0.345 e. The summed E-state index contributed by atoms with van der Waals surface area (Å²) in [4.78, 5) is 63.6. The van der Waals surface area contributed by atoms with E-state index >= 15 is 0 Å². The van der Waals surface area contributed by atoms with E-state index in [0.29, 0.717) is 50.8 Å². The molecule has 15 nitrogen and oxygen atoms in total. The van der Waals surface area contributed by atoms with Crippen molar-refractivity contribution in [2.45, 2.75) is 93.6 Å². The highest BCUT2D eigenvalue weighted by molar-refractivity contribution is 5.87. The van der Waals surface area contributed by atoms with Crippen molar-refractivity contribution in [2.24, 2.45) is 5.73 Å². The minimum Gasteiger partial charge on any atom is -0.504 e. The van der Waals surface area contributed by atoms with E-state index in [9.17, 15) is 39.3 Å². The van der Waals surface area contributed by atoms with E-state index in [1.807, 2.05) is 13.1 Å². The number of likely N-dealkylation sites (tertiary alicyclic amines) is 1. The van der Waals surface area contributed by atoms with Gasteiger partial charge in [-0.3, -0.25) is 19.2 Å². The van der Waals surface area contributed by atoms with Crippen molar-refractivity contribution < 1.29 is 53.5 Å². The average molecular weight is 659 g/mol. The van der Waals surface area contributed by atoms with Gasteiger partial charge in [0.2, 0.25) is 17.9 Å². The van der Waals surface area contributed by atoms with Gasteiger partial charge in [-0.25, -0.2) is 4.79 Å². The first-order valence-electron chi connectivity index (χ1n) is 15.8. The van der Waals surface area contributed by atoms with Crippen LogP contribution in [0.25, 0.3) is 0 Å². The molecule has 0 radical (unpaired) electrons. The number of aliphatic carboxylic acids is 1. The molecule has 1 spiro atoms. The maximum atomic E-state index is 13.1. The Bertz CT molecular complexity index is 1480. The summed E-state index contributed by atoms with van der Waals surface area (Å²) < 4.78 is 16.9. The van der Waals surface area contributed by atoms with Crippen molar-refractivity contribution in [3.05, 3.63) is 35.1 Å². The summed E-state index contributed by atoms with van der Waals surface area (Å²) in [5, 5.41) is 37.6. The number of hydrogen-bond donors (Lipinski definition) is 6. The molecule has 0 saturated carbocycles. The Morgan fingerprint density at radius 3 is 2.66 bits per heavy atom. The summed E-state index contributed by atoms with van der Waals surface area (Å²) in [6.45, 7) is 2.15. The first-order valence-corrected chi connectivity index (χ1v) is 15.8. The summed E-state index contributed by atoms with van der Waals surface area (Å²) in [6, 6.07) is 2.30. The second-order valence-corrected chi connectivity index (χ2v) is 12.7. The monoisotopic (exact) mass is 658 g/mol. The first kappa shape index (κ1) is 34.1. The molecule has 2 amide bonds. The molecule has 1 aromatic rings. The van der Waals surface area contributed by atoms with E-state index in [2.05, 4.69) is 15.5 Å². The summed E-state index contributed by atoms with van der Waals surface area (Å²) in [6.07, 6.45) is 0.325. The molecule has 4 aliphatic rings. The minimum absolute atomic E-state index is 0.0878. The van der Waals surface area contributed by atoms with Crippen LogP contribution in [-0.2, 0) is 45.3 Å². The molecule has 6 atom stereocenters. The lowest BCUT2D eigenvalue weighted by atomic mass is 9.50. The highest BCUT2D eigenvalue weighted by atomic mass is 16.6. The molecule has 1 saturated heterocycles. The molecule has 256 valence electrons. The largest absolute Gasteiger partial charge is 0.504 e. The Balaban J connectivity index is 1.21. The molecule has 2 heterocycles. The van der Waals surface area contributed by atoms with Crippen LogP contribution in [-0.4, -0.2) is 107 Å². The van der Waals surface area contributed by atoms with Gasteiger partial charge in [0.1, 0.15) is 11.8 Å². The fourth-order valence-electron chi connectivity index (χ4n) is 7.58. The number of nitrogens with zero attached hydrogens (tertiary/aromatic N) is 1. The van der Waals surface area contributed by atoms with Gasteiger partial charge in [0.25, 0.3) is 0 Å². The molecule has 1 fully saturated rings. The van der Waals surface area contributed by atoms with E-state index < -0.39 is 65.4 Å². The lowest BCUT2D eigenvalue weighted by Gasteiger charge is -2.61. The van der Waals surface area contributed by atoms with E-state index in [-0.39, 0.29) is 42.7 Å². The molecule has 2 aliphatic heterocycles. The Morgan fingerprint density at radius 1 is 1.19 bits per heavy atom. The molecule has 2 aliphatic carbocycles. The molecular weight excluding hydrogens is 616 g/mol. The van der Waals surface area contributed by atoms with Crippen molar-refractivity contribution in [3.8, 4) is 11.5 Å². The molecular formula is C32H42N4O11. The van der Waals surface area contributed by atoms with Gasteiger partial charge in [-0.2, -0.15) is 0 Å². The zero-order valence-electron chi connectivity index (χ0n) is 26.5. The number of benzene rings is 1. The number of carbonyl (C=O) groups is 5. The normalized spacial score (nSPS) is 26.5. The van der Waals surface area contributed by atoms with Crippen LogP contribution < -0.4 is 21.1 Å². The van der Waals surface area contributed by atoms with Gasteiger partial charge >= 0.3 is 17.9 Å². The summed E-state index contributed by atoms with van der Waals surface area (Å²) in [5.74, 6) is -4.21.